The third kappa shape index (κ3) is 3.28. The quantitative estimate of drug-likeness (QED) is 0.934. The summed E-state index contributed by atoms with van der Waals surface area (Å²) in [5, 5.41) is 7.12. The maximum absolute atomic E-state index is 12.4. The van der Waals surface area contributed by atoms with Crippen molar-refractivity contribution in [1.29, 1.82) is 0 Å². The lowest BCUT2D eigenvalue weighted by Gasteiger charge is -2.11. The summed E-state index contributed by atoms with van der Waals surface area (Å²) in [6.45, 7) is 4.37. The maximum atomic E-state index is 12.4. The van der Waals surface area contributed by atoms with Crippen molar-refractivity contribution in [2.24, 2.45) is 0 Å². The number of nitrogens with one attached hydrogen (secondary N) is 1. The van der Waals surface area contributed by atoms with Gasteiger partial charge in [0.05, 0.1) is 12.1 Å². The fraction of sp³-hybridized carbons (Fsp3) is 0.385. The van der Waals surface area contributed by atoms with Crippen molar-refractivity contribution in [2.45, 2.75) is 32.6 Å². The van der Waals surface area contributed by atoms with Crippen LogP contribution in [0, 0.1) is 0 Å². The van der Waals surface area contributed by atoms with Crippen LogP contribution in [0.4, 0.5) is 18.9 Å². The van der Waals surface area contributed by atoms with Crippen molar-refractivity contribution in [1.82, 2.24) is 14.8 Å². The lowest BCUT2D eigenvalue weighted by atomic mass is 10.2. The summed E-state index contributed by atoms with van der Waals surface area (Å²) in [4.78, 5) is 4.12. The fourth-order valence-corrected chi connectivity index (χ4v) is 1.79. The molecule has 0 aliphatic carbocycles. The predicted molar refractivity (Wildman–Crippen MR) is 69.2 cm³/mol. The first-order valence-electron chi connectivity index (χ1n) is 6.17. The monoisotopic (exact) mass is 284 g/mol. The van der Waals surface area contributed by atoms with E-state index in [4.69, 9.17) is 0 Å². The van der Waals surface area contributed by atoms with Crippen molar-refractivity contribution in [3.63, 3.8) is 0 Å². The largest absolute Gasteiger partial charge is 0.416 e. The zero-order valence-electron chi connectivity index (χ0n) is 11.1. The number of alkyl halides is 3. The van der Waals surface area contributed by atoms with Crippen molar-refractivity contribution >= 4 is 5.69 Å². The molecule has 108 valence electrons. The molecule has 4 nitrogen and oxygen atoms in total. The number of aromatic nitrogens is 3. The lowest BCUT2D eigenvalue weighted by molar-refractivity contribution is -0.137. The number of halogens is 3. The molecule has 1 aromatic heterocycles. The second kappa shape index (κ2) is 5.52. The van der Waals surface area contributed by atoms with Crippen LogP contribution in [0.1, 0.15) is 31.3 Å². The van der Waals surface area contributed by atoms with Gasteiger partial charge in [-0.1, -0.05) is 0 Å². The van der Waals surface area contributed by atoms with Gasteiger partial charge in [-0.3, -0.25) is 0 Å². The molecule has 2 rings (SSSR count). The first kappa shape index (κ1) is 14.4. The molecule has 2 aromatic rings. The van der Waals surface area contributed by atoms with E-state index in [2.05, 4.69) is 15.4 Å². The summed E-state index contributed by atoms with van der Waals surface area (Å²) < 4.78 is 39.0. The Morgan fingerprint density at radius 1 is 1.20 bits per heavy atom. The molecule has 0 radical (unpaired) electrons. The zero-order valence-corrected chi connectivity index (χ0v) is 11.1. The maximum Gasteiger partial charge on any atom is 0.416 e. The minimum Gasteiger partial charge on any atom is -0.378 e. The smallest absolute Gasteiger partial charge is 0.378 e. The van der Waals surface area contributed by atoms with E-state index in [9.17, 15) is 13.2 Å². The third-order valence-electron chi connectivity index (χ3n) is 2.80. The molecule has 0 amide bonds. The summed E-state index contributed by atoms with van der Waals surface area (Å²) in [5.74, 6) is 0.736. The van der Waals surface area contributed by atoms with Crippen LogP contribution in [0.5, 0.6) is 0 Å². The summed E-state index contributed by atoms with van der Waals surface area (Å²) in [7, 11) is 0. The lowest BCUT2D eigenvalue weighted by Crippen LogP contribution is -2.12. The molecule has 7 heteroatoms. The normalized spacial score (nSPS) is 11.9. The van der Waals surface area contributed by atoms with Crippen molar-refractivity contribution < 1.29 is 13.2 Å². The van der Waals surface area contributed by atoms with E-state index < -0.39 is 11.7 Å². The van der Waals surface area contributed by atoms with E-state index in [0.717, 1.165) is 18.0 Å². The van der Waals surface area contributed by atoms with Gasteiger partial charge in [-0.15, -0.1) is 0 Å². The predicted octanol–water partition coefficient (Wildman–Crippen LogP) is 3.49. The Labute approximate surface area is 114 Å². The zero-order chi connectivity index (χ0) is 14.8. The number of anilines is 1. The van der Waals surface area contributed by atoms with Gasteiger partial charge in [-0.25, -0.2) is 9.67 Å². The Balaban J connectivity index is 2.02. The van der Waals surface area contributed by atoms with Crippen LogP contribution in [-0.4, -0.2) is 14.8 Å². The minimum absolute atomic E-state index is 0.182. The Bertz CT molecular complexity index is 558. The molecule has 0 saturated heterocycles. The second-order valence-electron chi connectivity index (χ2n) is 4.64. The van der Waals surface area contributed by atoms with Crippen LogP contribution in [-0.2, 0) is 12.7 Å². The highest BCUT2D eigenvalue weighted by molar-refractivity contribution is 5.45. The molecule has 20 heavy (non-hydrogen) atoms. The van der Waals surface area contributed by atoms with Gasteiger partial charge in [-0.05, 0) is 38.1 Å². The highest BCUT2D eigenvalue weighted by atomic mass is 19.4. The Kier molecular flexibility index (Phi) is 3.96. The standard InChI is InChI=1S/C13H15F3N4/c1-9(2)20-12(18-8-19-20)7-17-11-5-3-10(4-6-11)13(14,15)16/h3-6,8-9,17H,7H2,1-2H3. The van der Waals surface area contributed by atoms with Crippen LogP contribution in [0.25, 0.3) is 0 Å². The molecule has 0 saturated carbocycles. The molecular weight excluding hydrogens is 269 g/mol. The van der Waals surface area contributed by atoms with Crippen LogP contribution in [0.2, 0.25) is 0 Å². The highest BCUT2D eigenvalue weighted by Crippen LogP contribution is 2.29. The third-order valence-corrected chi connectivity index (χ3v) is 2.80. The Morgan fingerprint density at radius 3 is 2.40 bits per heavy atom. The molecule has 0 atom stereocenters. The SMILES string of the molecule is CC(C)n1ncnc1CNc1ccc(C(F)(F)F)cc1. The van der Waals surface area contributed by atoms with Gasteiger partial charge in [0.2, 0.25) is 0 Å². The summed E-state index contributed by atoms with van der Waals surface area (Å²) in [5.41, 5.74) is -0.0512. The molecular formula is C13H15F3N4. The number of hydrogen-bond acceptors (Lipinski definition) is 3. The van der Waals surface area contributed by atoms with E-state index in [0.29, 0.717) is 12.2 Å². The summed E-state index contributed by atoms with van der Waals surface area (Å²) >= 11 is 0. The Morgan fingerprint density at radius 2 is 1.85 bits per heavy atom. The van der Waals surface area contributed by atoms with Gasteiger partial charge in [0, 0.05) is 11.7 Å². The molecule has 0 aliphatic heterocycles. The summed E-state index contributed by atoms with van der Waals surface area (Å²) in [6, 6.07) is 5.09. The number of hydrogen-bond donors (Lipinski definition) is 1. The topological polar surface area (TPSA) is 42.7 Å². The van der Waals surface area contributed by atoms with E-state index in [-0.39, 0.29) is 6.04 Å². The molecule has 1 aromatic carbocycles. The molecule has 1 N–H and O–H groups in total. The van der Waals surface area contributed by atoms with Crippen molar-refractivity contribution in [2.75, 3.05) is 5.32 Å². The molecule has 0 unspecified atom stereocenters. The first-order valence-corrected chi connectivity index (χ1v) is 6.17. The average molecular weight is 284 g/mol. The van der Waals surface area contributed by atoms with Gasteiger partial charge in [0.1, 0.15) is 12.2 Å². The van der Waals surface area contributed by atoms with Gasteiger partial charge in [0.25, 0.3) is 0 Å². The van der Waals surface area contributed by atoms with E-state index in [1.165, 1.54) is 18.5 Å². The van der Waals surface area contributed by atoms with Gasteiger partial charge < -0.3 is 5.32 Å². The van der Waals surface area contributed by atoms with Crippen LogP contribution in [0.15, 0.2) is 30.6 Å². The van der Waals surface area contributed by atoms with Crippen LogP contribution in [0.3, 0.4) is 0 Å². The van der Waals surface area contributed by atoms with Crippen LogP contribution >= 0.6 is 0 Å². The average Bonchev–Trinajstić information content (AvgIpc) is 2.84. The first-order chi connectivity index (χ1) is 9.38. The second-order valence-corrected chi connectivity index (χ2v) is 4.64. The van der Waals surface area contributed by atoms with Crippen molar-refractivity contribution in [3.8, 4) is 0 Å². The highest BCUT2D eigenvalue weighted by Gasteiger charge is 2.29. The molecule has 1 heterocycles. The van der Waals surface area contributed by atoms with Gasteiger partial charge in [0.15, 0.2) is 0 Å². The van der Waals surface area contributed by atoms with E-state index in [1.54, 1.807) is 4.68 Å². The molecule has 0 fully saturated rings. The number of rotatable bonds is 4. The van der Waals surface area contributed by atoms with Crippen molar-refractivity contribution in [3.05, 3.63) is 42.0 Å². The van der Waals surface area contributed by atoms with Crippen LogP contribution < -0.4 is 5.32 Å². The summed E-state index contributed by atoms with van der Waals surface area (Å²) in [6.07, 6.45) is -2.85. The fourth-order valence-electron chi connectivity index (χ4n) is 1.79. The molecule has 0 bridgehead atoms. The minimum atomic E-state index is -4.31. The number of benzene rings is 1. The molecule has 0 spiro atoms. The van der Waals surface area contributed by atoms with Gasteiger partial charge >= 0.3 is 6.18 Å². The van der Waals surface area contributed by atoms with E-state index in [1.807, 2.05) is 13.8 Å². The Hall–Kier alpha value is -2.05. The number of nitrogens with zero attached hydrogens (tertiary/aromatic N) is 3. The van der Waals surface area contributed by atoms with E-state index >= 15 is 0 Å². The molecule has 0 aliphatic rings. The van der Waals surface area contributed by atoms with Gasteiger partial charge in [-0.2, -0.15) is 18.3 Å².